The molecule has 0 amide bonds. The van der Waals surface area contributed by atoms with E-state index in [9.17, 15) is 0 Å². The van der Waals surface area contributed by atoms with Crippen molar-refractivity contribution < 1.29 is 0 Å². The molecule has 0 bridgehead atoms. The standard InChI is InChI=1S/C14H21N3/c1-15-8-10-17-9-2-3-13-12(11-4-5-11)6-7-16-14(13)17/h6-7,11,15H,2-5,8-10H2,1H3. The van der Waals surface area contributed by atoms with Gasteiger partial charge in [-0.15, -0.1) is 0 Å². The van der Waals surface area contributed by atoms with Gasteiger partial charge < -0.3 is 10.2 Å². The summed E-state index contributed by atoms with van der Waals surface area (Å²) in [5.41, 5.74) is 3.13. The second-order valence-electron chi connectivity index (χ2n) is 5.17. The number of likely N-dealkylation sites (N-methyl/N-ethyl adjacent to an activating group) is 1. The number of hydrogen-bond acceptors (Lipinski definition) is 3. The third-order valence-corrected chi connectivity index (χ3v) is 3.87. The highest BCUT2D eigenvalue weighted by Crippen LogP contribution is 2.44. The number of nitrogens with one attached hydrogen (secondary N) is 1. The molecule has 1 N–H and O–H groups in total. The van der Waals surface area contributed by atoms with Gasteiger partial charge in [0.1, 0.15) is 5.82 Å². The van der Waals surface area contributed by atoms with Crippen LogP contribution >= 0.6 is 0 Å². The molecule has 1 fully saturated rings. The average molecular weight is 231 g/mol. The van der Waals surface area contributed by atoms with Gasteiger partial charge in [-0.3, -0.25) is 0 Å². The topological polar surface area (TPSA) is 28.2 Å². The lowest BCUT2D eigenvalue weighted by molar-refractivity contribution is 0.650. The van der Waals surface area contributed by atoms with E-state index in [0.717, 1.165) is 25.6 Å². The number of pyridine rings is 1. The molecule has 92 valence electrons. The Bertz CT molecular complexity index is 398. The van der Waals surface area contributed by atoms with Gasteiger partial charge in [0, 0.05) is 25.8 Å². The number of aromatic nitrogens is 1. The van der Waals surface area contributed by atoms with Crippen LogP contribution in [0.15, 0.2) is 12.3 Å². The van der Waals surface area contributed by atoms with Crippen LogP contribution in [0, 0.1) is 0 Å². The SMILES string of the molecule is CNCCN1CCCc2c(C3CC3)ccnc21. The zero-order chi connectivity index (χ0) is 11.7. The molecule has 0 spiro atoms. The largest absolute Gasteiger partial charge is 0.355 e. The Labute approximate surface area is 103 Å². The van der Waals surface area contributed by atoms with Crippen molar-refractivity contribution in [2.45, 2.75) is 31.6 Å². The molecule has 0 saturated heterocycles. The zero-order valence-electron chi connectivity index (χ0n) is 10.6. The molecule has 1 aliphatic heterocycles. The Morgan fingerprint density at radius 2 is 2.35 bits per heavy atom. The summed E-state index contributed by atoms with van der Waals surface area (Å²) in [7, 11) is 2.01. The second-order valence-corrected chi connectivity index (χ2v) is 5.17. The van der Waals surface area contributed by atoms with Gasteiger partial charge in [-0.2, -0.15) is 0 Å². The van der Waals surface area contributed by atoms with Crippen molar-refractivity contribution in [1.29, 1.82) is 0 Å². The first-order valence-electron chi connectivity index (χ1n) is 6.77. The quantitative estimate of drug-likeness (QED) is 0.858. The number of nitrogens with zero attached hydrogens (tertiary/aromatic N) is 2. The van der Waals surface area contributed by atoms with Crippen molar-refractivity contribution in [1.82, 2.24) is 10.3 Å². The van der Waals surface area contributed by atoms with Gasteiger partial charge in [0.25, 0.3) is 0 Å². The van der Waals surface area contributed by atoms with E-state index in [-0.39, 0.29) is 0 Å². The van der Waals surface area contributed by atoms with Gasteiger partial charge >= 0.3 is 0 Å². The number of anilines is 1. The average Bonchev–Trinajstić information content (AvgIpc) is 3.20. The molecule has 3 rings (SSSR count). The minimum atomic E-state index is 0.844. The summed E-state index contributed by atoms with van der Waals surface area (Å²) >= 11 is 0. The summed E-state index contributed by atoms with van der Waals surface area (Å²) in [5.74, 6) is 2.10. The fourth-order valence-corrected chi connectivity index (χ4v) is 2.82. The van der Waals surface area contributed by atoms with Crippen LogP contribution in [0.2, 0.25) is 0 Å². The maximum atomic E-state index is 4.62. The molecule has 3 heteroatoms. The van der Waals surface area contributed by atoms with Crippen molar-refractivity contribution in [3.63, 3.8) is 0 Å². The lowest BCUT2D eigenvalue weighted by Gasteiger charge is -2.31. The van der Waals surface area contributed by atoms with Crippen molar-refractivity contribution in [3.05, 3.63) is 23.4 Å². The van der Waals surface area contributed by atoms with E-state index in [0.29, 0.717) is 0 Å². The van der Waals surface area contributed by atoms with E-state index in [1.807, 2.05) is 13.2 Å². The predicted molar refractivity (Wildman–Crippen MR) is 70.7 cm³/mol. The van der Waals surface area contributed by atoms with Crippen LogP contribution in [0.3, 0.4) is 0 Å². The first-order valence-corrected chi connectivity index (χ1v) is 6.77. The van der Waals surface area contributed by atoms with Gasteiger partial charge in [0.15, 0.2) is 0 Å². The molecule has 0 aromatic carbocycles. The van der Waals surface area contributed by atoms with Gasteiger partial charge in [-0.25, -0.2) is 4.98 Å². The molecule has 2 aliphatic rings. The number of hydrogen-bond donors (Lipinski definition) is 1. The molecule has 1 aromatic rings. The molecule has 0 radical (unpaired) electrons. The van der Waals surface area contributed by atoms with Crippen molar-refractivity contribution in [3.8, 4) is 0 Å². The van der Waals surface area contributed by atoms with Crippen LogP contribution < -0.4 is 10.2 Å². The van der Waals surface area contributed by atoms with E-state index in [2.05, 4.69) is 21.3 Å². The Balaban J connectivity index is 1.88. The monoisotopic (exact) mass is 231 g/mol. The van der Waals surface area contributed by atoms with Gasteiger partial charge in [0.2, 0.25) is 0 Å². The third-order valence-electron chi connectivity index (χ3n) is 3.87. The van der Waals surface area contributed by atoms with E-state index in [1.54, 1.807) is 5.56 Å². The normalized spacial score (nSPS) is 19.2. The predicted octanol–water partition coefficient (Wildman–Crippen LogP) is 1.93. The summed E-state index contributed by atoms with van der Waals surface area (Å²) in [4.78, 5) is 7.07. The number of fused-ring (bicyclic) bond motifs is 1. The van der Waals surface area contributed by atoms with E-state index < -0.39 is 0 Å². The van der Waals surface area contributed by atoms with Crippen LogP contribution in [0.25, 0.3) is 0 Å². The molecular formula is C14H21N3. The maximum Gasteiger partial charge on any atom is 0.132 e. The molecule has 1 saturated carbocycles. The zero-order valence-corrected chi connectivity index (χ0v) is 10.6. The lowest BCUT2D eigenvalue weighted by Crippen LogP contribution is -2.35. The van der Waals surface area contributed by atoms with Gasteiger partial charge in [-0.05, 0) is 55.8 Å². The van der Waals surface area contributed by atoms with Crippen molar-refractivity contribution >= 4 is 5.82 Å². The summed E-state index contributed by atoms with van der Waals surface area (Å²) in [5, 5.41) is 3.23. The lowest BCUT2D eigenvalue weighted by atomic mass is 9.97. The smallest absolute Gasteiger partial charge is 0.132 e. The molecular weight excluding hydrogens is 210 g/mol. The van der Waals surface area contributed by atoms with Crippen LogP contribution in [0.4, 0.5) is 5.82 Å². The molecule has 1 aliphatic carbocycles. The van der Waals surface area contributed by atoms with Gasteiger partial charge in [0.05, 0.1) is 0 Å². The van der Waals surface area contributed by atoms with Gasteiger partial charge in [-0.1, -0.05) is 0 Å². The fourth-order valence-electron chi connectivity index (χ4n) is 2.82. The van der Waals surface area contributed by atoms with E-state index >= 15 is 0 Å². The fraction of sp³-hybridized carbons (Fsp3) is 0.643. The highest BCUT2D eigenvalue weighted by atomic mass is 15.2. The van der Waals surface area contributed by atoms with Crippen LogP contribution in [-0.2, 0) is 6.42 Å². The summed E-state index contributed by atoms with van der Waals surface area (Å²) < 4.78 is 0. The van der Waals surface area contributed by atoms with Crippen molar-refractivity contribution in [2.24, 2.45) is 0 Å². The number of rotatable bonds is 4. The van der Waals surface area contributed by atoms with Crippen LogP contribution in [0.1, 0.15) is 36.3 Å². The summed E-state index contributed by atoms with van der Waals surface area (Å²) in [6.07, 6.45) is 7.28. The third kappa shape index (κ3) is 2.16. The Kier molecular flexibility index (Phi) is 3.02. The summed E-state index contributed by atoms with van der Waals surface area (Å²) in [6, 6.07) is 2.25. The Morgan fingerprint density at radius 1 is 1.47 bits per heavy atom. The second kappa shape index (κ2) is 4.65. The first-order chi connectivity index (χ1) is 8.40. The molecule has 1 aromatic heterocycles. The minimum absolute atomic E-state index is 0.844. The molecule has 0 atom stereocenters. The van der Waals surface area contributed by atoms with Crippen LogP contribution in [-0.4, -0.2) is 31.7 Å². The Hall–Kier alpha value is -1.09. The molecule has 0 unspecified atom stereocenters. The van der Waals surface area contributed by atoms with E-state index in [1.165, 1.54) is 37.1 Å². The minimum Gasteiger partial charge on any atom is -0.355 e. The highest BCUT2D eigenvalue weighted by Gasteiger charge is 2.29. The maximum absolute atomic E-state index is 4.62. The summed E-state index contributed by atoms with van der Waals surface area (Å²) in [6.45, 7) is 3.27. The molecule has 17 heavy (non-hydrogen) atoms. The van der Waals surface area contributed by atoms with E-state index in [4.69, 9.17) is 0 Å². The molecule has 3 nitrogen and oxygen atoms in total. The van der Waals surface area contributed by atoms with Crippen LogP contribution in [0.5, 0.6) is 0 Å². The Morgan fingerprint density at radius 3 is 3.12 bits per heavy atom. The highest BCUT2D eigenvalue weighted by molar-refractivity contribution is 5.54. The molecule has 2 heterocycles. The van der Waals surface area contributed by atoms with Crippen molar-refractivity contribution in [2.75, 3.05) is 31.6 Å². The first kappa shape index (κ1) is 11.0.